The van der Waals surface area contributed by atoms with Gasteiger partial charge in [0.05, 0.1) is 0 Å². The average molecular weight is 369 g/mol. The van der Waals surface area contributed by atoms with Crippen LogP contribution in [0.3, 0.4) is 0 Å². The fourth-order valence-corrected chi connectivity index (χ4v) is 3.23. The number of fused-ring (bicyclic) bond motifs is 1. The maximum Gasteiger partial charge on any atom is 0.336 e. The van der Waals surface area contributed by atoms with Gasteiger partial charge < -0.3 is 9.73 Å². The van der Waals surface area contributed by atoms with Crippen LogP contribution < -0.4 is 10.9 Å². The van der Waals surface area contributed by atoms with Gasteiger partial charge in [-0.25, -0.2) is 14.8 Å². The average Bonchev–Trinajstić information content (AvgIpc) is 2.61. The van der Waals surface area contributed by atoms with E-state index in [0.29, 0.717) is 24.1 Å². The lowest BCUT2D eigenvalue weighted by Crippen LogP contribution is -2.13. The molecule has 1 N–H and O–H groups in total. The molecule has 0 aliphatic rings. The molecular weight excluding hydrogens is 350 g/mol. The molecule has 1 aromatic carbocycles. The number of aromatic nitrogens is 2. The van der Waals surface area contributed by atoms with Crippen molar-refractivity contribution in [2.24, 2.45) is 0 Å². The first-order valence-corrected chi connectivity index (χ1v) is 9.40. The van der Waals surface area contributed by atoms with Gasteiger partial charge in [-0.15, -0.1) is 0 Å². The zero-order chi connectivity index (χ0) is 18.7. The second-order valence-corrected chi connectivity index (χ2v) is 6.69. The SMILES string of the molecule is CSc1nc(C)c(CCC(=O)Nc2ccc3oc(=O)ccc3c2)c(C)n1. The van der Waals surface area contributed by atoms with E-state index in [1.165, 1.54) is 17.8 Å². The fraction of sp³-hybridized carbons (Fsp3) is 0.263. The normalized spacial score (nSPS) is 10.9. The third-order valence-electron chi connectivity index (χ3n) is 4.09. The van der Waals surface area contributed by atoms with Crippen molar-refractivity contribution in [1.82, 2.24) is 9.97 Å². The summed E-state index contributed by atoms with van der Waals surface area (Å²) < 4.78 is 5.09. The van der Waals surface area contributed by atoms with E-state index >= 15 is 0 Å². The van der Waals surface area contributed by atoms with Crippen LogP contribution in [0.4, 0.5) is 5.69 Å². The van der Waals surface area contributed by atoms with Crippen molar-refractivity contribution in [3.8, 4) is 0 Å². The second-order valence-electron chi connectivity index (χ2n) is 5.91. The lowest BCUT2D eigenvalue weighted by molar-refractivity contribution is -0.116. The third kappa shape index (κ3) is 4.11. The number of carbonyl (C=O) groups excluding carboxylic acids is 1. The standard InChI is InChI=1S/C19H19N3O3S/c1-11-15(12(2)21-19(20-11)26-3)6-8-17(23)22-14-5-7-16-13(10-14)4-9-18(24)25-16/h4-5,7,9-10H,6,8H2,1-3H3,(H,22,23). The first kappa shape index (κ1) is 18.1. The van der Waals surface area contributed by atoms with Crippen molar-refractivity contribution in [3.05, 3.63) is 57.7 Å². The summed E-state index contributed by atoms with van der Waals surface area (Å²) in [6.07, 6.45) is 2.86. The van der Waals surface area contributed by atoms with Gasteiger partial charge in [0.25, 0.3) is 0 Å². The van der Waals surface area contributed by atoms with E-state index in [9.17, 15) is 9.59 Å². The van der Waals surface area contributed by atoms with Gasteiger partial charge in [-0.1, -0.05) is 11.8 Å². The van der Waals surface area contributed by atoms with Gasteiger partial charge in [0.1, 0.15) is 5.58 Å². The van der Waals surface area contributed by atoms with Gasteiger partial charge in [0.15, 0.2) is 5.16 Å². The molecule has 0 saturated heterocycles. The molecule has 0 bridgehead atoms. The Balaban J connectivity index is 1.68. The quantitative estimate of drug-likeness (QED) is 0.421. The van der Waals surface area contributed by atoms with Crippen LogP contribution in [-0.4, -0.2) is 22.1 Å². The molecule has 0 atom stereocenters. The van der Waals surface area contributed by atoms with Crippen molar-refractivity contribution in [1.29, 1.82) is 0 Å². The lowest BCUT2D eigenvalue weighted by atomic mass is 10.1. The second kappa shape index (κ2) is 7.70. The van der Waals surface area contributed by atoms with E-state index in [0.717, 1.165) is 27.5 Å². The maximum atomic E-state index is 12.3. The maximum absolute atomic E-state index is 12.3. The molecule has 0 unspecified atom stereocenters. The summed E-state index contributed by atoms with van der Waals surface area (Å²) in [4.78, 5) is 32.4. The van der Waals surface area contributed by atoms with E-state index in [1.54, 1.807) is 24.3 Å². The number of carbonyl (C=O) groups is 1. The summed E-state index contributed by atoms with van der Waals surface area (Å²) >= 11 is 1.51. The Morgan fingerprint density at radius 2 is 1.88 bits per heavy atom. The molecule has 0 aliphatic heterocycles. The number of anilines is 1. The zero-order valence-corrected chi connectivity index (χ0v) is 15.6. The summed E-state index contributed by atoms with van der Waals surface area (Å²) in [5.74, 6) is -0.0884. The smallest absolute Gasteiger partial charge is 0.336 e. The molecule has 3 aromatic rings. The molecule has 26 heavy (non-hydrogen) atoms. The van der Waals surface area contributed by atoms with Crippen molar-refractivity contribution >= 4 is 34.3 Å². The Morgan fingerprint density at radius 3 is 2.58 bits per heavy atom. The highest BCUT2D eigenvalue weighted by molar-refractivity contribution is 7.98. The summed E-state index contributed by atoms with van der Waals surface area (Å²) in [6, 6.07) is 8.21. The highest BCUT2D eigenvalue weighted by Gasteiger charge is 2.11. The Bertz CT molecular complexity index is 1010. The number of hydrogen-bond acceptors (Lipinski definition) is 6. The minimum Gasteiger partial charge on any atom is -0.423 e. The largest absolute Gasteiger partial charge is 0.423 e. The van der Waals surface area contributed by atoms with Crippen molar-refractivity contribution in [3.63, 3.8) is 0 Å². The molecule has 134 valence electrons. The predicted octanol–water partition coefficient (Wildman–Crippen LogP) is 3.49. The van der Waals surface area contributed by atoms with E-state index in [1.807, 2.05) is 20.1 Å². The van der Waals surface area contributed by atoms with Gasteiger partial charge in [-0.05, 0) is 56.4 Å². The number of nitrogens with zero attached hydrogens (tertiary/aromatic N) is 2. The topological polar surface area (TPSA) is 85.1 Å². The van der Waals surface area contributed by atoms with Gasteiger partial charge in [-0.3, -0.25) is 4.79 Å². The Kier molecular flexibility index (Phi) is 5.37. The van der Waals surface area contributed by atoms with Crippen LogP contribution in [0.25, 0.3) is 11.0 Å². The van der Waals surface area contributed by atoms with Crippen LogP contribution in [0.2, 0.25) is 0 Å². The molecule has 2 heterocycles. The lowest BCUT2D eigenvalue weighted by Gasteiger charge is -2.10. The number of thioether (sulfide) groups is 1. The number of benzene rings is 1. The summed E-state index contributed by atoms with van der Waals surface area (Å²) in [5.41, 5.74) is 3.60. The molecule has 0 radical (unpaired) electrons. The molecule has 0 saturated carbocycles. The van der Waals surface area contributed by atoms with E-state index in [-0.39, 0.29) is 5.91 Å². The first-order valence-electron chi connectivity index (χ1n) is 8.18. The minimum absolute atomic E-state index is 0.0884. The first-order chi connectivity index (χ1) is 12.5. The fourth-order valence-electron chi connectivity index (χ4n) is 2.77. The third-order valence-corrected chi connectivity index (χ3v) is 4.64. The predicted molar refractivity (Wildman–Crippen MR) is 103 cm³/mol. The highest BCUT2D eigenvalue weighted by atomic mass is 32.2. The van der Waals surface area contributed by atoms with Gasteiger partial charge in [0.2, 0.25) is 5.91 Å². The summed E-state index contributed by atoms with van der Waals surface area (Å²) in [5, 5.41) is 4.38. The molecule has 6 nitrogen and oxygen atoms in total. The Labute approximate surface area is 155 Å². The molecule has 0 spiro atoms. The monoisotopic (exact) mass is 369 g/mol. The molecule has 2 aromatic heterocycles. The minimum atomic E-state index is -0.394. The zero-order valence-electron chi connectivity index (χ0n) is 14.8. The van der Waals surface area contributed by atoms with E-state index < -0.39 is 5.63 Å². The molecule has 7 heteroatoms. The van der Waals surface area contributed by atoms with Gasteiger partial charge >= 0.3 is 5.63 Å². The number of rotatable bonds is 5. The van der Waals surface area contributed by atoms with Crippen LogP contribution >= 0.6 is 11.8 Å². The molecular formula is C19H19N3O3S. The van der Waals surface area contributed by atoms with Gasteiger partial charge in [0, 0.05) is 34.9 Å². The summed E-state index contributed by atoms with van der Waals surface area (Å²) in [6.45, 7) is 3.89. The number of amides is 1. The van der Waals surface area contributed by atoms with Crippen molar-refractivity contribution in [2.75, 3.05) is 11.6 Å². The van der Waals surface area contributed by atoms with Crippen LogP contribution in [0.1, 0.15) is 23.4 Å². The van der Waals surface area contributed by atoms with Crippen LogP contribution in [0.5, 0.6) is 0 Å². The number of hydrogen-bond donors (Lipinski definition) is 1. The molecule has 0 fully saturated rings. The highest BCUT2D eigenvalue weighted by Crippen LogP contribution is 2.19. The van der Waals surface area contributed by atoms with Crippen LogP contribution in [0.15, 0.2) is 44.7 Å². The van der Waals surface area contributed by atoms with Crippen molar-refractivity contribution < 1.29 is 9.21 Å². The Hall–Kier alpha value is -2.67. The number of nitrogens with one attached hydrogen (secondary N) is 1. The van der Waals surface area contributed by atoms with Gasteiger partial charge in [-0.2, -0.15) is 0 Å². The van der Waals surface area contributed by atoms with E-state index in [4.69, 9.17) is 4.42 Å². The molecule has 3 rings (SSSR count). The Morgan fingerprint density at radius 1 is 1.15 bits per heavy atom. The van der Waals surface area contributed by atoms with E-state index in [2.05, 4.69) is 15.3 Å². The summed E-state index contributed by atoms with van der Waals surface area (Å²) in [7, 11) is 0. The number of aryl methyl sites for hydroxylation is 2. The van der Waals surface area contributed by atoms with Crippen molar-refractivity contribution in [2.45, 2.75) is 31.8 Å². The molecule has 1 amide bonds. The van der Waals surface area contributed by atoms with Crippen LogP contribution in [-0.2, 0) is 11.2 Å². The molecule has 0 aliphatic carbocycles. The van der Waals surface area contributed by atoms with Crippen LogP contribution in [0, 0.1) is 13.8 Å².